The Hall–Kier alpha value is -2.34. The molecule has 1 atom stereocenters. The van der Waals surface area contributed by atoms with Gasteiger partial charge in [-0.3, -0.25) is 9.69 Å². The van der Waals surface area contributed by atoms with Crippen LogP contribution in [0.2, 0.25) is 0 Å². The Morgan fingerprint density at radius 1 is 1.29 bits per heavy atom. The van der Waals surface area contributed by atoms with Gasteiger partial charge in [0.25, 0.3) is 5.91 Å². The molecule has 0 unspecified atom stereocenters. The molecule has 1 aliphatic rings. The maximum absolute atomic E-state index is 13.0. The van der Waals surface area contributed by atoms with Crippen LogP contribution in [0.4, 0.5) is 10.1 Å². The molecule has 2 heterocycles. The first kappa shape index (κ1) is 16.5. The molecule has 0 spiro atoms. The van der Waals surface area contributed by atoms with Crippen LogP contribution in [0, 0.1) is 5.82 Å². The largest absolute Gasteiger partial charge is 0.455 e. The monoisotopic (exact) mass is 331 g/mol. The van der Waals surface area contributed by atoms with Crippen molar-refractivity contribution >= 4 is 11.6 Å². The highest BCUT2D eigenvalue weighted by Gasteiger charge is 2.21. The number of hydrogen-bond acceptors (Lipinski definition) is 4. The van der Waals surface area contributed by atoms with Crippen LogP contribution in [0.5, 0.6) is 0 Å². The molecule has 1 saturated heterocycles. The van der Waals surface area contributed by atoms with Gasteiger partial charge in [0.15, 0.2) is 5.76 Å². The van der Waals surface area contributed by atoms with Gasteiger partial charge in [-0.25, -0.2) is 4.39 Å². The Bertz CT molecular complexity index is 684. The smallest absolute Gasteiger partial charge is 0.286 e. The lowest BCUT2D eigenvalue weighted by atomic mass is 10.1. The summed E-state index contributed by atoms with van der Waals surface area (Å²) in [5, 5.41) is 6.01. The number of carbonyl (C=O) groups is 1. The molecule has 128 valence electrons. The standard InChI is InChI=1S/C18H22FN3O2/c1-20-18(23)17-9-8-16(24-17)12-22-10-2-3-15(11-22)21-14-6-4-13(19)5-7-14/h4-9,15,21H,2-3,10-12H2,1H3,(H,20,23)/t15-/m1/s1. The zero-order chi connectivity index (χ0) is 16.9. The van der Waals surface area contributed by atoms with Crippen LogP contribution in [0.15, 0.2) is 40.8 Å². The molecule has 1 amide bonds. The Morgan fingerprint density at radius 3 is 2.83 bits per heavy atom. The van der Waals surface area contributed by atoms with Crippen molar-refractivity contribution in [1.29, 1.82) is 0 Å². The predicted octanol–water partition coefficient (Wildman–Crippen LogP) is 2.85. The van der Waals surface area contributed by atoms with Gasteiger partial charge in [0.1, 0.15) is 11.6 Å². The molecule has 1 fully saturated rings. The number of halogens is 1. The summed E-state index contributed by atoms with van der Waals surface area (Å²) in [5.74, 6) is 0.688. The number of hydrogen-bond donors (Lipinski definition) is 2. The van der Waals surface area contributed by atoms with Gasteiger partial charge in [-0.1, -0.05) is 0 Å². The zero-order valence-electron chi connectivity index (χ0n) is 13.7. The minimum Gasteiger partial charge on any atom is -0.455 e. The lowest BCUT2D eigenvalue weighted by Gasteiger charge is -2.33. The fraction of sp³-hybridized carbons (Fsp3) is 0.389. The summed E-state index contributed by atoms with van der Waals surface area (Å²) in [6, 6.07) is 10.3. The van der Waals surface area contributed by atoms with Crippen molar-refractivity contribution in [2.45, 2.75) is 25.4 Å². The van der Waals surface area contributed by atoms with E-state index in [9.17, 15) is 9.18 Å². The van der Waals surface area contributed by atoms with E-state index in [1.165, 1.54) is 12.1 Å². The number of carbonyl (C=O) groups excluding carboxylic acids is 1. The number of nitrogens with zero attached hydrogens (tertiary/aromatic N) is 1. The molecule has 24 heavy (non-hydrogen) atoms. The molecule has 0 saturated carbocycles. The maximum Gasteiger partial charge on any atom is 0.286 e. The number of nitrogens with one attached hydrogen (secondary N) is 2. The van der Waals surface area contributed by atoms with Gasteiger partial charge in [0.05, 0.1) is 6.54 Å². The van der Waals surface area contributed by atoms with Crippen LogP contribution in [-0.4, -0.2) is 37.0 Å². The summed E-state index contributed by atoms with van der Waals surface area (Å²) < 4.78 is 18.6. The van der Waals surface area contributed by atoms with Crippen molar-refractivity contribution in [3.05, 3.63) is 53.7 Å². The molecule has 2 N–H and O–H groups in total. The summed E-state index contributed by atoms with van der Waals surface area (Å²) in [4.78, 5) is 13.8. The third-order valence-corrected chi connectivity index (χ3v) is 4.21. The van der Waals surface area contributed by atoms with Crippen molar-refractivity contribution in [1.82, 2.24) is 10.2 Å². The second-order valence-electron chi connectivity index (χ2n) is 6.07. The Kier molecular flexibility index (Phi) is 5.15. The molecule has 6 heteroatoms. The quantitative estimate of drug-likeness (QED) is 0.884. The lowest BCUT2D eigenvalue weighted by Crippen LogP contribution is -2.41. The molecule has 0 aliphatic carbocycles. The van der Waals surface area contributed by atoms with E-state index in [1.807, 2.05) is 6.07 Å². The second-order valence-corrected chi connectivity index (χ2v) is 6.07. The molecular weight excluding hydrogens is 309 g/mol. The van der Waals surface area contributed by atoms with Crippen LogP contribution in [0.25, 0.3) is 0 Å². The van der Waals surface area contributed by atoms with E-state index in [2.05, 4.69) is 15.5 Å². The van der Waals surface area contributed by atoms with E-state index < -0.39 is 0 Å². The predicted molar refractivity (Wildman–Crippen MR) is 90.4 cm³/mol. The van der Waals surface area contributed by atoms with Crippen LogP contribution in [-0.2, 0) is 6.54 Å². The third-order valence-electron chi connectivity index (χ3n) is 4.21. The Balaban J connectivity index is 1.56. The minimum atomic E-state index is -0.226. The normalized spacial score (nSPS) is 18.3. The number of piperidine rings is 1. The molecule has 2 aromatic rings. The van der Waals surface area contributed by atoms with Crippen molar-refractivity contribution < 1.29 is 13.6 Å². The fourth-order valence-corrected chi connectivity index (χ4v) is 3.03. The van der Waals surface area contributed by atoms with Gasteiger partial charge in [-0.15, -0.1) is 0 Å². The van der Waals surface area contributed by atoms with Crippen molar-refractivity contribution in [2.24, 2.45) is 0 Å². The Morgan fingerprint density at radius 2 is 2.08 bits per heavy atom. The number of likely N-dealkylation sites (tertiary alicyclic amines) is 1. The van der Waals surface area contributed by atoms with Gasteiger partial charge in [0.2, 0.25) is 0 Å². The summed E-state index contributed by atoms with van der Waals surface area (Å²) in [5.41, 5.74) is 0.933. The fourth-order valence-electron chi connectivity index (χ4n) is 3.03. The van der Waals surface area contributed by atoms with E-state index >= 15 is 0 Å². The van der Waals surface area contributed by atoms with E-state index in [0.29, 0.717) is 18.3 Å². The number of rotatable bonds is 5. The van der Waals surface area contributed by atoms with Gasteiger partial charge in [0, 0.05) is 25.3 Å². The van der Waals surface area contributed by atoms with Gasteiger partial charge in [-0.05, 0) is 55.8 Å². The highest BCUT2D eigenvalue weighted by atomic mass is 19.1. The number of benzene rings is 1. The van der Waals surface area contributed by atoms with Crippen molar-refractivity contribution in [3.8, 4) is 0 Å². The van der Waals surface area contributed by atoms with Gasteiger partial charge < -0.3 is 15.1 Å². The molecular formula is C18H22FN3O2. The molecule has 5 nitrogen and oxygen atoms in total. The average molecular weight is 331 g/mol. The SMILES string of the molecule is CNC(=O)c1ccc(CN2CCC[C@@H](Nc3ccc(F)cc3)C2)o1. The number of amides is 1. The van der Waals surface area contributed by atoms with Gasteiger partial charge >= 0.3 is 0 Å². The maximum atomic E-state index is 13.0. The van der Waals surface area contributed by atoms with E-state index in [1.54, 1.807) is 25.2 Å². The molecule has 1 aliphatic heterocycles. The average Bonchev–Trinajstić information content (AvgIpc) is 3.05. The summed E-state index contributed by atoms with van der Waals surface area (Å²) >= 11 is 0. The van der Waals surface area contributed by atoms with Crippen LogP contribution in [0.1, 0.15) is 29.2 Å². The highest BCUT2D eigenvalue weighted by molar-refractivity contribution is 5.91. The third kappa shape index (κ3) is 4.14. The minimum absolute atomic E-state index is 0.212. The van der Waals surface area contributed by atoms with Crippen LogP contribution >= 0.6 is 0 Å². The Labute approximate surface area is 140 Å². The topological polar surface area (TPSA) is 57.5 Å². The number of furan rings is 1. The van der Waals surface area contributed by atoms with E-state index in [-0.39, 0.29) is 11.7 Å². The molecule has 0 radical (unpaired) electrons. The van der Waals surface area contributed by atoms with Crippen LogP contribution < -0.4 is 10.6 Å². The van der Waals surface area contributed by atoms with E-state index in [4.69, 9.17) is 4.42 Å². The number of anilines is 1. The first-order valence-electron chi connectivity index (χ1n) is 8.19. The molecule has 1 aromatic heterocycles. The summed E-state index contributed by atoms with van der Waals surface area (Å²) in [6.45, 7) is 2.56. The van der Waals surface area contributed by atoms with Crippen LogP contribution in [0.3, 0.4) is 0 Å². The summed E-state index contributed by atoms with van der Waals surface area (Å²) in [6.07, 6.45) is 2.16. The van der Waals surface area contributed by atoms with Crippen molar-refractivity contribution in [3.63, 3.8) is 0 Å². The zero-order valence-corrected chi connectivity index (χ0v) is 13.7. The van der Waals surface area contributed by atoms with Crippen molar-refractivity contribution in [2.75, 3.05) is 25.5 Å². The lowest BCUT2D eigenvalue weighted by molar-refractivity contribution is 0.0930. The molecule has 3 rings (SSSR count). The highest BCUT2D eigenvalue weighted by Crippen LogP contribution is 2.19. The molecule has 1 aromatic carbocycles. The first-order chi connectivity index (χ1) is 11.6. The second kappa shape index (κ2) is 7.49. The molecule has 0 bridgehead atoms. The first-order valence-corrected chi connectivity index (χ1v) is 8.19. The summed E-state index contributed by atoms with van der Waals surface area (Å²) in [7, 11) is 1.58. The van der Waals surface area contributed by atoms with Gasteiger partial charge in [-0.2, -0.15) is 0 Å². The van der Waals surface area contributed by atoms with E-state index in [0.717, 1.165) is 37.4 Å².